The van der Waals surface area contributed by atoms with Crippen LogP contribution in [0, 0.1) is 13.8 Å². The number of para-hydroxylation sites is 1. The average molecular weight is 317 g/mol. The molecule has 7 heteroatoms. The Morgan fingerprint density at radius 2 is 1.82 bits per heavy atom. The third-order valence-corrected chi connectivity index (χ3v) is 3.57. The quantitative estimate of drug-likeness (QED) is 0.650. The minimum Gasteiger partial charge on any atom is -0.478 e. The van der Waals surface area contributed by atoms with Gasteiger partial charge in [-0.3, -0.25) is 4.79 Å². The summed E-state index contributed by atoms with van der Waals surface area (Å²) in [6, 6.07) is 8.13. The molecule has 6 nitrogen and oxygen atoms in total. The fourth-order valence-electron chi connectivity index (χ4n) is 1.85. The smallest absolute Gasteiger partial charge is 0.337 e. The van der Waals surface area contributed by atoms with Crippen molar-refractivity contribution in [3.63, 3.8) is 0 Å². The SMILES string of the molecule is Cc1cc(C)nc(SCC(=O)Nc2ccccc2C(=O)O)n1. The maximum atomic E-state index is 12.0. The van der Waals surface area contributed by atoms with Crippen LogP contribution in [0.5, 0.6) is 0 Å². The fraction of sp³-hybridized carbons (Fsp3) is 0.200. The lowest BCUT2D eigenvalue weighted by Gasteiger charge is -2.08. The van der Waals surface area contributed by atoms with Gasteiger partial charge in [0.2, 0.25) is 5.91 Å². The van der Waals surface area contributed by atoms with Gasteiger partial charge < -0.3 is 10.4 Å². The summed E-state index contributed by atoms with van der Waals surface area (Å²) in [4.78, 5) is 31.5. The summed E-state index contributed by atoms with van der Waals surface area (Å²) in [6.45, 7) is 3.73. The number of anilines is 1. The molecule has 1 heterocycles. The zero-order chi connectivity index (χ0) is 16.1. The van der Waals surface area contributed by atoms with Crippen LogP contribution >= 0.6 is 11.8 Å². The van der Waals surface area contributed by atoms with E-state index >= 15 is 0 Å². The number of nitrogens with zero attached hydrogens (tertiary/aromatic N) is 2. The third-order valence-electron chi connectivity index (χ3n) is 2.73. The Bertz CT molecular complexity index is 699. The molecule has 114 valence electrons. The van der Waals surface area contributed by atoms with E-state index < -0.39 is 5.97 Å². The first-order valence-electron chi connectivity index (χ1n) is 6.53. The Morgan fingerprint density at radius 3 is 2.45 bits per heavy atom. The number of aromatic nitrogens is 2. The van der Waals surface area contributed by atoms with Crippen LogP contribution in [0.3, 0.4) is 0 Å². The van der Waals surface area contributed by atoms with Crippen molar-refractivity contribution < 1.29 is 14.7 Å². The second-order valence-electron chi connectivity index (χ2n) is 4.62. The van der Waals surface area contributed by atoms with Gasteiger partial charge in [-0.25, -0.2) is 14.8 Å². The van der Waals surface area contributed by atoms with Crippen LogP contribution in [0.2, 0.25) is 0 Å². The van der Waals surface area contributed by atoms with Crippen molar-refractivity contribution in [2.24, 2.45) is 0 Å². The molecule has 0 unspecified atom stereocenters. The van der Waals surface area contributed by atoms with Gasteiger partial charge in [-0.2, -0.15) is 0 Å². The Kier molecular flexibility index (Phi) is 5.11. The van der Waals surface area contributed by atoms with Crippen LogP contribution in [0.4, 0.5) is 5.69 Å². The highest BCUT2D eigenvalue weighted by atomic mass is 32.2. The van der Waals surface area contributed by atoms with E-state index in [1.165, 1.54) is 17.8 Å². The Hall–Kier alpha value is -2.41. The third kappa shape index (κ3) is 4.29. The molecule has 1 amide bonds. The zero-order valence-corrected chi connectivity index (χ0v) is 13.0. The number of amides is 1. The molecule has 0 atom stereocenters. The van der Waals surface area contributed by atoms with Gasteiger partial charge in [0.15, 0.2) is 5.16 Å². The Morgan fingerprint density at radius 1 is 1.18 bits per heavy atom. The van der Waals surface area contributed by atoms with E-state index in [9.17, 15) is 9.59 Å². The number of rotatable bonds is 5. The Balaban J connectivity index is 2.00. The lowest BCUT2D eigenvalue weighted by atomic mass is 10.2. The Labute approximate surface area is 132 Å². The fourth-order valence-corrected chi connectivity index (χ4v) is 2.60. The summed E-state index contributed by atoms with van der Waals surface area (Å²) < 4.78 is 0. The van der Waals surface area contributed by atoms with Gasteiger partial charge in [-0.15, -0.1) is 0 Å². The van der Waals surface area contributed by atoms with Crippen molar-refractivity contribution in [1.29, 1.82) is 0 Å². The van der Waals surface area contributed by atoms with Gasteiger partial charge in [0.1, 0.15) is 0 Å². The molecule has 2 rings (SSSR count). The van der Waals surface area contributed by atoms with Crippen molar-refractivity contribution in [2.75, 3.05) is 11.1 Å². The molecule has 0 aliphatic carbocycles. The van der Waals surface area contributed by atoms with Gasteiger partial charge in [-0.1, -0.05) is 23.9 Å². The van der Waals surface area contributed by atoms with Crippen LogP contribution in [0.1, 0.15) is 21.7 Å². The van der Waals surface area contributed by atoms with Crippen molar-refractivity contribution in [3.8, 4) is 0 Å². The number of nitrogens with one attached hydrogen (secondary N) is 1. The van der Waals surface area contributed by atoms with E-state index in [0.717, 1.165) is 11.4 Å². The number of carboxylic acids is 1. The predicted octanol–water partition coefficient (Wildman–Crippen LogP) is 2.52. The molecule has 0 spiro atoms. The minimum absolute atomic E-state index is 0.0588. The van der Waals surface area contributed by atoms with Crippen LogP contribution < -0.4 is 5.32 Å². The number of thioether (sulfide) groups is 1. The summed E-state index contributed by atoms with van der Waals surface area (Å²) in [6.07, 6.45) is 0. The topological polar surface area (TPSA) is 92.2 Å². The van der Waals surface area contributed by atoms with E-state index in [-0.39, 0.29) is 22.9 Å². The van der Waals surface area contributed by atoms with E-state index in [4.69, 9.17) is 5.11 Å². The van der Waals surface area contributed by atoms with Crippen molar-refractivity contribution in [3.05, 3.63) is 47.3 Å². The number of carbonyl (C=O) groups is 2. The molecule has 0 bridgehead atoms. The standard InChI is InChI=1S/C15H15N3O3S/c1-9-7-10(2)17-15(16-9)22-8-13(19)18-12-6-4-3-5-11(12)14(20)21/h3-7H,8H2,1-2H3,(H,18,19)(H,20,21). The lowest BCUT2D eigenvalue weighted by molar-refractivity contribution is -0.113. The highest BCUT2D eigenvalue weighted by Crippen LogP contribution is 2.17. The van der Waals surface area contributed by atoms with Crippen molar-refractivity contribution >= 4 is 29.3 Å². The molecule has 1 aromatic heterocycles. The second kappa shape index (κ2) is 7.04. The monoisotopic (exact) mass is 317 g/mol. The molecule has 0 saturated heterocycles. The van der Waals surface area contributed by atoms with Gasteiger partial charge in [0.05, 0.1) is 17.0 Å². The summed E-state index contributed by atoms with van der Waals surface area (Å²) >= 11 is 1.21. The molecule has 0 aliphatic rings. The number of benzene rings is 1. The van der Waals surface area contributed by atoms with Crippen LogP contribution in [-0.2, 0) is 4.79 Å². The predicted molar refractivity (Wildman–Crippen MR) is 84.3 cm³/mol. The summed E-state index contributed by atoms with van der Waals surface area (Å²) in [5.41, 5.74) is 2.02. The summed E-state index contributed by atoms with van der Waals surface area (Å²) in [7, 11) is 0. The van der Waals surface area contributed by atoms with Crippen LogP contribution in [-0.4, -0.2) is 32.7 Å². The molecular weight excluding hydrogens is 302 g/mol. The number of aromatic carboxylic acids is 1. The van der Waals surface area contributed by atoms with E-state index in [2.05, 4.69) is 15.3 Å². The normalized spacial score (nSPS) is 10.3. The van der Waals surface area contributed by atoms with Gasteiger partial charge in [-0.05, 0) is 32.0 Å². The first-order chi connectivity index (χ1) is 10.5. The molecule has 1 aromatic carbocycles. The summed E-state index contributed by atoms with van der Waals surface area (Å²) in [5, 5.41) is 12.2. The minimum atomic E-state index is -1.08. The molecule has 22 heavy (non-hydrogen) atoms. The molecule has 2 N–H and O–H groups in total. The maximum Gasteiger partial charge on any atom is 0.337 e. The second-order valence-corrected chi connectivity index (χ2v) is 5.56. The molecule has 0 radical (unpaired) electrons. The molecule has 0 saturated carbocycles. The molecule has 2 aromatic rings. The highest BCUT2D eigenvalue weighted by molar-refractivity contribution is 7.99. The van der Waals surface area contributed by atoms with Crippen LogP contribution in [0.15, 0.2) is 35.5 Å². The number of hydrogen-bond acceptors (Lipinski definition) is 5. The largest absolute Gasteiger partial charge is 0.478 e. The lowest BCUT2D eigenvalue weighted by Crippen LogP contribution is -2.16. The van der Waals surface area contributed by atoms with Crippen molar-refractivity contribution in [1.82, 2.24) is 9.97 Å². The number of hydrogen-bond donors (Lipinski definition) is 2. The van der Waals surface area contributed by atoms with E-state index in [1.54, 1.807) is 18.2 Å². The first-order valence-corrected chi connectivity index (χ1v) is 7.51. The average Bonchev–Trinajstić information content (AvgIpc) is 2.44. The summed E-state index contributed by atoms with van der Waals surface area (Å²) in [5.74, 6) is -1.28. The van der Waals surface area contributed by atoms with E-state index in [0.29, 0.717) is 5.16 Å². The number of aryl methyl sites for hydroxylation is 2. The number of carbonyl (C=O) groups excluding carboxylic acids is 1. The van der Waals surface area contributed by atoms with Gasteiger partial charge in [0, 0.05) is 11.4 Å². The van der Waals surface area contributed by atoms with Crippen molar-refractivity contribution in [2.45, 2.75) is 19.0 Å². The van der Waals surface area contributed by atoms with Gasteiger partial charge in [0.25, 0.3) is 0 Å². The maximum absolute atomic E-state index is 12.0. The first kappa shape index (κ1) is 16.0. The highest BCUT2D eigenvalue weighted by Gasteiger charge is 2.12. The van der Waals surface area contributed by atoms with Crippen LogP contribution in [0.25, 0.3) is 0 Å². The van der Waals surface area contributed by atoms with Gasteiger partial charge >= 0.3 is 5.97 Å². The van der Waals surface area contributed by atoms with E-state index in [1.807, 2.05) is 19.9 Å². The molecular formula is C15H15N3O3S. The number of carboxylic acid groups (broad SMARTS) is 1. The molecule has 0 fully saturated rings. The zero-order valence-electron chi connectivity index (χ0n) is 12.2. The molecule has 0 aliphatic heterocycles.